The normalized spacial score (nSPS) is 14.8. The lowest BCUT2D eigenvalue weighted by Gasteiger charge is -2.16. The van der Waals surface area contributed by atoms with E-state index >= 15 is 0 Å². The Labute approximate surface area is 108 Å². The predicted molar refractivity (Wildman–Crippen MR) is 74.1 cm³/mol. The van der Waals surface area contributed by atoms with Crippen LogP contribution in [-0.2, 0) is 9.47 Å². The summed E-state index contributed by atoms with van der Waals surface area (Å²) in [5, 5.41) is 0. The van der Waals surface area contributed by atoms with E-state index in [2.05, 4.69) is 27.7 Å². The van der Waals surface area contributed by atoms with Crippen LogP contribution in [0.2, 0.25) is 0 Å². The zero-order valence-corrected chi connectivity index (χ0v) is 12.3. The summed E-state index contributed by atoms with van der Waals surface area (Å²) in [6.45, 7) is 11.2. The summed E-state index contributed by atoms with van der Waals surface area (Å²) < 4.78 is 10.7. The molecule has 0 aliphatic rings. The molecular formula is C15H32O2. The molecule has 0 aromatic carbocycles. The summed E-state index contributed by atoms with van der Waals surface area (Å²) >= 11 is 0. The van der Waals surface area contributed by atoms with Gasteiger partial charge < -0.3 is 9.47 Å². The molecule has 2 unspecified atom stereocenters. The second-order valence-electron chi connectivity index (χ2n) is 5.31. The Hall–Kier alpha value is -0.0800. The standard InChI is InChI=1S/C15H32O2/c1-5-8-14(3)12-15(4)9-7-11-17-13-16-10-6-2/h14-15H,5-13H2,1-4H3. The number of rotatable bonds is 12. The van der Waals surface area contributed by atoms with Gasteiger partial charge in [-0.15, -0.1) is 0 Å². The van der Waals surface area contributed by atoms with Gasteiger partial charge in [0, 0.05) is 13.2 Å². The summed E-state index contributed by atoms with van der Waals surface area (Å²) in [4.78, 5) is 0. The average Bonchev–Trinajstić information content (AvgIpc) is 2.28. The minimum atomic E-state index is 0.467. The van der Waals surface area contributed by atoms with E-state index in [1.54, 1.807) is 0 Å². The van der Waals surface area contributed by atoms with Gasteiger partial charge in [0.15, 0.2) is 0 Å². The van der Waals surface area contributed by atoms with Crippen LogP contribution in [0, 0.1) is 11.8 Å². The van der Waals surface area contributed by atoms with Crippen molar-refractivity contribution >= 4 is 0 Å². The van der Waals surface area contributed by atoms with E-state index in [4.69, 9.17) is 9.47 Å². The van der Waals surface area contributed by atoms with Crippen molar-refractivity contribution in [3.05, 3.63) is 0 Å². The molecule has 0 aromatic rings. The molecule has 104 valence electrons. The summed E-state index contributed by atoms with van der Waals surface area (Å²) in [7, 11) is 0. The minimum absolute atomic E-state index is 0.467. The van der Waals surface area contributed by atoms with E-state index < -0.39 is 0 Å². The van der Waals surface area contributed by atoms with E-state index in [0.29, 0.717) is 6.79 Å². The van der Waals surface area contributed by atoms with Crippen LogP contribution in [0.1, 0.15) is 66.2 Å². The van der Waals surface area contributed by atoms with Crippen LogP contribution in [0.4, 0.5) is 0 Å². The Bertz CT molecular complexity index is 148. The lowest BCUT2D eigenvalue weighted by Crippen LogP contribution is -2.06. The second kappa shape index (κ2) is 12.4. The third-order valence-electron chi connectivity index (χ3n) is 3.09. The lowest BCUT2D eigenvalue weighted by molar-refractivity contribution is -0.0549. The van der Waals surface area contributed by atoms with Gasteiger partial charge in [-0.3, -0.25) is 0 Å². The molecule has 0 radical (unpaired) electrons. The fraction of sp³-hybridized carbons (Fsp3) is 1.00. The highest BCUT2D eigenvalue weighted by Gasteiger charge is 2.07. The molecular weight excluding hydrogens is 212 g/mol. The highest BCUT2D eigenvalue weighted by Crippen LogP contribution is 2.20. The molecule has 2 atom stereocenters. The molecule has 0 spiro atoms. The van der Waals surface area contributed by atoms with Crippen molar-refractivity contribution in [2.24, 2.45) is 11.8 Å². The molecule has 0 fully saturated rings. The highest BCUT2D eigenvalue weighted by atomic mass is 16.7. The van der Waals surface area contributed by atoms with Crippen molar-refractivity contribution in [1.29, 1.82) is 0 Å². The monoisotopic (exact) mass is 244 g/mol. The fourth-order valence-corrected chi connectivity index (χ4v) is 2.27. The van der Waals surface area contributed by atoms with Crippen LogP contribution in [0.5, 0.6) is 0 Å². The van der Waals surface area contributed by atoms with Crippen LogP contribution in [0.25, 0.3) is 0 Å². The van der Waals surface area contributed by atoms with Gasteiger partial charge in [-0.05, 0) is 37.5 Å². The first-order chi connectivity index (χ1) is 8.20. The highest BCUT2D eigenvalue weighted by molar-refractivity contribution is 4.59. The second-order valence-corrected chi connectivity index (χ2v) is 5.31. The molecule has 17 heavy (non-hydrogen) atoms. The zero-order chi connectivity index (χ0) is 12.9. The molecule has 0 heterocycles. The number of ether oxygens (including phenoxy) is 2. The Morgan fingerprint density at radius 1 is 0.824 bits per heavy atom. The Balaban J connectivity index is 3.24. The maximum atomic E-state index is 5.42. The summed E-state index contributed by atoms with van der Waals surface area (Å²) in [6, 6.07) is 0. The van der Waals surface area contributed by atoms with Crippen LogP contribution in [-0.4, -0.2) is 20.0 Å². The van der Waals surface area contributed by atoms with Gasteiger partial charge in [-0.25, -0.2) is 0 Å². The molecule has 0 aliphatic heterocycles. The molecule has 0 aromatic heterocycles. The van der Waals surface area contributed by atoms with E-state index in [0.717, 1.165) is 37.9 Å². The third-order valence-corrected chi connectivity index (χ3v) is 3.09. The first-order valence-electron chi connectivity index (χ1n) is 7.36. The Kier molecular flexibility index (Phi) is 12.3. The van der Waals surface area contributed by atoms with Crippen molar-refractivity contribution < 1.29 is 9.47 Å². The van der Waals surface area contributed by atoms with Crippen molar-refractivity contribution in [3.63, 3.8) is 0 Å². The number of hydrogen-bond acceptors (Lipinski definition) is 2. The van der Waals surface area contributed by atoms with Gasteiger partial charge >= 0.3 is 0 Å². The van der Waals surface area contributed by atoms with Crippen LogP contribution in [0.15, 0.2) is 0 Å². The Morgan fingerprint density at radius 3 is 2.12 bits per heavy atom. The van der Waals surface area contributed by atoms with E-state index in [-0.39, 0.29) is 0 Å². The quantitative estimate of drug-likeness (QED) is 0.368. The van der Waals surface area contributed by atoms with Crippen LogP contribution in [0.3, 0.4) is 0 Å². The molecule has 0 N–H and O–H groups in total. The molecule has 0 saturated heterocycles. The summed E-state index contributed by atoms with van der Waals surface area (Å²) in [6.07, 6.45) is 7.55. The summed E-state index contributed by atoms with van der Waals surface area (Å²) in [5.74, 6) is 1.71. The van der Waals surface area contributed by atoms with Crippen LogP contribution >= 0.6 is 0 Å². The largest absolute Gasteiger partial charge is 0.355 e. The molecule has 2 nitrogen and oxygen atoms in total. The fourth-order valence-electron chi connectivity index (χ4n) is 2.27. The average molecular weight is 244 g/mol. The molecule has 0 rings (SSSR count). The minimum Gasteiger partial charge on any atom is -0.355 e. The zero-order valence-electron chi connectivity index (χ0n) is 12.3. The van der Waals surface area contributed by atoms with Gasteiger partial charge in [0.25, 0.3) is 0 Å². The van der Waals surface area contributed by atoms with Crippen molar-refractivity contribution in [1.82, 2.24) is 0 Å². The van der Waals surface area contributed by atoms with Crippen molar-refractivity contribution in [3.8, 4) is 0 Å². The van der Waals surface area contributed by atoms with Crippen LogP contribution < -0.4 is 0 Å². The van der Waals surface area contributed by atoms with Crippen molar-refractivity contribution in [2.45, 2.75) is 66.2 Å². The molecule has 0 bridgehead atoms. The lowest BCUT2D eigenvalue weighted by atomic mass is 9.91. The van der Waals surface area contributed by atoms with Gasteiger partial charge in [0.05, 0.1) is 0 Å². The van der Waals surface area contributed by atoms with E-state index in [9.17, 15) is 0 Å². The topological polar surface area (TPSA) is 18.5 Å². The van der Waals surface area contributed by atoms with Gasteiger partial charge in [-0.1, -0.05) is 40.5 Å². The first kappa shape index (κ1) is 16.9. The Morgan fingerprint density at radius 2 is 1.47 bits per heavy atom. The van der Waals surface area contributed by atoms with Gasteiger partial charge in [-0.2, -0.15) is 0 Å². The smallest absolute Gasteiger partial charge is 0.146 e. The molecule has 0 amide bonds. The van der Waals surface area contributed by atoms with E-state index in [1.807, 2.05) is 0 Å². The summed E-state index contributed by atoms with van der Waals surface area (Å²) in [5.41, 5.74) is 0. The maximum Gasteiger partial charge on any atom is 0.146 e. The molecule has 0 aliphatic carbocycles. The van der Waals surface area contributed by atoms with Crippen molar-refractivity contribution in [2.75, 3.05) is 20.0 Å². The molecule has 0 saturated carbocycles. The van der Waals surface area contributed by atoms with Gasteiger partial charge in [0.1, 0.15) is 6.79 Å². The first-order valence-corrected chi connectivity index (χ1v) is 7.36. The van der Waals surface area contributed by atoms with Gasteiger partial charge in [0.2, 0.25) is 0 Å². The SMILES string of the molecule is CCCOCOCCCC(C)CC(C)CCC. The predicted octanol–water partition coefficient (Wildman–Crippen LogP) is 4.63. The molecule has 2 heteroatoms. The van der Waals surface area contributed by atoms with E-state index in [1.165, 1.54) is 25.7 Å². The number of hydrogen-bond donors (Lipinski definition) is 0. The maximum absolute atomic E-state index is 5.42. The third kappa shape index (κ3) is 12.2.